The number of anilines is 2. The van der Waals surface area contributed by atoms with Gasteiger partial charge < -0.3 is 15.4 Å². The maximum Gasteiger partial charge on any atom is 0.251 e. The molecule has 24 heavy (non-hydrogen) atoms. The Morgan fingerprint density at radius 1 is 1.38 bits per heavy atom. The fourth-order valence-corrected chi connectivity index (χ4v) is 2.87. The van der Waals surface area contributed by atoms with Crippen molar-refractivity contribution in [2.45, 2.75) is 25.9 Å². The van der Waals surface area contributed by atoms with E-state index in [2.05, 4.69) is 31.5 Å². The summed E-state index contributed by atoms with van der Waals surface area (Å²) < 4.78 is 6.58. The SMILES string of the molecule is Cc1cc(Nc2cc(C(=O)NCC3CCCO3)ccn2)ccc1Br. The molecule has 5 nitrogen and oxygen atoms in total. The van der Waals surface area contributed by atoms with Crippen molar-refractivity contribution in [2.24, 2.45) is 0 Å². The van der Waals surface area contributed by atoms with E-state index in [4.69, 9.17) is 4.74 Å². The molecule has 0 spiro atoms. The number of halogens is 1. The van der Waals surface area contributed by atoms with Crippen LogP contribution in [-0.4, -0.2) is 30.1 Å². The molecule has 2 heterocycles. The number of hydrogen-bond acceptors (Lipinski definition) is 4. The first-order valence-corrected chi connectivity index (χ1v) is 8.80. The number of pyridine rings is 1. The Bertz CT molecular complexity index is 730. The predicted molar refractivity (Wildman–Crippen MR) is 97.7 cm³/mol. The number of carbonyl (C=O) groups is 1. The van der Waals surface area contributed by atoms with Crippen LogP contribution in [0.5, 0.6) is 0 Å². The largest absolute Gasteiger partial charge is 0.376 e. The van der Waals surface area contributed by atoms with Crippen molar-refractivity contribution in [3.63, 3.8) is 0 Å². The van der Waals surface area contributed by atoms with Crippen LogP contribution in [-0.2, 0) is 4.74 Å². The Morgan fingerprint density at radius 2 is 2.25 bits per heavy atom. The summed E-state index contributed by atoms with van der Waals surface area (Å²) in [6.45, 7) is 3.37. The summed E-state index contributed by atoms with van der Waals surface area (Å²) in [5, 5.41) is 6.15. The van der Waals surface area contributed by atoms with Crippen molar-refractivity contribution in [2.75, 3.05) is 18.5 Å². The number of aryl methyl sites for hydroxylation is 1. The molecule has 1 saturated heterocycles. The van der Waals surface area contributed by atoms with Crippen molar-refractivity contribution in [3.05, 3.63) is 52.1 Å². The van der Waals surface area contributed by atoms with Crippen LogP contribution in [0.1, 0.15) is 28.8 Å². The summed E-state index contributed by atoms with van der Waals surface area (Å²) in [5.41, 5.74) is 2.64. The number of rotatable bonds is 5. The number of amides is 1. The topological polar surface area (TPSA) is 63.2 Å². The van der Waals surface area contributed by atoms with Gasteiger partial charge in [-0.05, 0) is 55.7 Å². The first kappa shape index (κ1) is 16.9. The molecule has 1 unspecified atom stereocenters. The van der Waals surface area contributed by atoms with E-state index in [9.17, 15) is 4.79 Å². The first-order chi connectivity index (χ1) is 11.6. The summed E-state index contributed by atoms with van der Waals surface area (Å²) in [5.74, 6) is 0.532. The zero-order chi connectivity index (χ0) is 16.9. The summed E-state index contributed by atoms with van der Waals surface area (Å²) >= 11 is 3.48. The zero-order valence-corrected chi connectivity index (χ0v) is 15.1. The number of aromatic nitrogens is 1. The Labute approximate surface area is 149 Å². The van der Waals surface area contributed by atoms with Gasteiger partial charge in [0.15, 0.2) is 0 Å². The van der Waals surface area contributed by atoms with Crippen LogP contribution in [0.4, 0.5) is 11.5 Å². The average molecular weight is 390 g/mol. The molecule has 0 saturated carbocycles. The molecule has 1 fully saturated rings. The second-order valence-corrected chi connectivity index (χ2v) is 6.72. The van der Waals surface area contributed by atoms with E-state index in [1.807, 2.05) is 25.1 Å². The molecule has 0 radical (unpaired) electrons. The third-order valence-electron chi connectivity index (χ3n) is 3.97. The van der Waals surface area contributed by atoms with Crippen LogP contribution in [0.2, 0.25) is 0 Å². The highest BCUT2D eigenvalue weighted by Crippen LogP contribution is 2.22. The van der Waals surface area contributed by atoms with Crippen molar-refractivity contribution in [1.29, 1.82) is 0 Å². The van der Waals surface area contributed by atoms with Crippen LogP contribution in [0.25, 0.3) is 0 Å². The van der Waals surface area contributed by atoms with Gasteiger partial charge in [0, 0.05) is 35.1 Å². The van der Waals surface area contributed by atoms with Gasteiger partial charge in [0.2, 0.25) is 0 Å². The van der Waals surface area contributed by atoms with E-state index < -0.39 is 0 Å². The van der Waals surface area contributed by atoms with Crippen LogP contribution < -0.4 is 10.6 Å². The van der Waals surface area contributed by atoms with Crippen LogP contribution in [0.3, 0.4) is 0 Å². The molecule has 1 aromatic heterocycles. The lowest BCUT2D eigenvalue weighted by Gasteiger charge is -2.12. The summed E-state index contributed by atoms with van der Waals surface area (Å²) in [6, 6.07) is 9.43. The molecule has 1 atom stereocenters. The number of nitrogens with one attached hydrogen (secondary N) is 2. The van der Waals surface area contributed by atoms with E-state index in [1.54, 1.807) is 18.3 Å². The number of carbonyl (C=O) groups excluding carboxylic acids is 1. The Morgan fingerprint density at radius 3 is 3.00 bits per heavy atom. The second kappa shape index (κ2) is 7.77. The molecule has 1 aliphatic rings. The predicted octanol–water partition coefficient (Wildman–Crippen LogP) is 3.80. The smallest absolute Gasteiger partial charge is 0.251 e. The molecule has 0 bridgehead atoms. The standard InChI is InChI=1S/C18H20BrN3O2/c1-12-9-14(4-5-16(12)19)22-17-10-13(6-7-20-17)18(23)21-11-15-3-2-8-24-15/h4-7,9-10,15H,2-3,8,11H2,1H3,(H,20,22)(H,21,23). The number of nitrogens with zero attached hydrogens (tertiary/aromatic N) is 1. The van der Waals surface area contributed by atoms with E-state index in [0.29, 0.717) is 17.9 Å². The molecule has 2 aromatic rings. The monoisotopic (exact) mass is 389 g/mol. The molecule has 6 heteroatoms. The van der Waals surface area contributed by atoms with Gasteiger partial charge in [-0.15, -0.1) is 0 Å². The van der Waals surface area contributed by atoms with Gasteiger partial charge in [0.25, 0.3) is 5.91 Å². The van der Waals surface area contributed by atoms with Gasteiger partial charge in [0.1, 0.15) is 5.82 Å². The third-order valence-corrected chi connectivity index (χ3v) is 4.86. The highest BCUT2D eigenvalue weighted by molar-refractivity contribution is 9.10. The van der Waals surface area contributed by atoms with Gasteiger partial charge in [-0.3, -0.25) is 4.79 Å². The summed E-state index contributed by atoms with van der Waals surface area (Å²) in [6.07, 6.45) is 3.84. The highest BCUT2D eigenvalue weighted by Gasteiger charge is 2.16. The quantitative estimate of drug-likeness (QED) is 0.815. The normalized spacial score (nSPS) is 16.8. The molecular formula is C18H20BrN3O2. The average Bonchev–Trinajstić information content (AvgIpc) is 3.10. The maximum atomic E-state index is 12.3. The minimum Gasteiger partial charge on any atom is -0.376 e. The molecule has 1 amide bonds. The van der Waals surface area contributed by atoms with Crippen LogP contribution in [0.15, 0.2) is 41.0 Å². The van der Waals surface area contributed by atoms with Gasteiger partial charge in [-0.1, -0.05) is 15.9 Å². The zero-order valence-electron chi connectivity index (χ0n) is 13.5. The number of ether oxygens (including phenoxy) is 1. The lowest BCUT2D eigenvalue weighted by molar-refractivity contribution is 0.0857. The second-order valence-electron chi connectivity index (χ2n) is 5.86. The van der Waals surface area contributed by atoms with Crippen LogP contribution in [0, 0.1) is 6.92 Å². The van der Waals surface area contributed by atoms with Crippen LogP contribution >= 0.6 is 15.9 Å². The fraction of sp³-hybridized carbons (Fsp3) is 0.333. The lowest BCUT2D eigenvalue weighted by Crippen LogP contribution is -2.31. The lowest BCUT2D eigenvalue weighted by atomic mass is 10.2. The molecule has 3 rings (SSSR count). The number of benzene rings is 1. The fourth-order valence-electron chi connectivity index (χ4n) is 2.62. The third kappa shape index (κ3) is 4.33. The van der Waals surface area contributed by atoms with E-state index in [0.717, 1.165) is 35.2 Å². The first-order valence-electron chi connectivity index (χ1n) is 8.01. The minimum atomic E-state index is -0.108. The Balaban J connectivity index is 1.64. The Hall–Kier alpha value is -1.92. The molecule has 1 aromatic carbocycles. The van der Waals surface area contributed by atoms with Gasteiger partial charge in [-0.2, -0.15) is 0 Å². The molecule has 0 aliphatic carbocycles. The molecular weight excluding hydrogens is 370 g/mol. The van der Waals surface area contributed by atoms with Crippen molar-refractivity contribution >= 4 is 33.3 Å². The van der Waals surface area contributed by atoms with E-state index in [1.165, 1.54) is 0 Å². The van der Waals surface area contributed by atoms with Crippen molar-refractivity contribution < 1.29 is 9.53 Å². The minimum absolute atomic E-state index is 0.108. The Kier molecular flexibility index (Phi) is 5.48. The maximum absolute atomic E-state index is 12.3. The highest BCUT2D eigenvalue weighted by atomic mass is 79.9. The number of hydrogen-bond donors (Lipinski definition) is 2. The van der Waals surface area contributed by atoms with Crippen molar-refractivity contribution in [3.8, 4) is 0 Å². The molecule has 2 N–H and O–H groups in total. The van der Waals surface area contributed by atoms with Gasteiger partial charge in [-0.25, -0.2) is 4.98 Å². The van der Waals surface area contributed by atoms with Gasteiger partial charge >= 0.3 is 0 Å². The summed E-state index contributed by atoms with van der Waals surface area (Å²) in [7, 11) is 0. The van der Waals surface area contributed by atoms with E-state index in [-0.39, 0.29) is 12.0 Å². The van der Waals surface area contributed by atoms with E-state index >= 15 is 0 Å². The molecule has 1 aliphatic heterocycles. The molecule has 126 valence electrons. The van der Waals surface area contributed by atoms with Crippen molar-refractivity contribution in [1.82, 2.24) is 10.3 Å². The summed E-state index contributed by atoms with van der Waals surface area (Å²) in [4.78, 5) is 16.6. The van der Waals surface area contributed by atoms with Gasteiger partial charge in [0.05, 0.1) is 6.10 Å².